The van der Waals surface area contributed by atoms with Crippen molar-refractivity contribution in [3.8, 4) is 0 Å². The Bertz CT molecular complexity index is 1200. The van der Waals surface area contributed by atoms with Gasteiger partial charge >= 0.3 is 13.8 Å². The third-order valence-electron chi connectivity index (χ3n) is 10.1. The zero-order chi connectivity index (χ0) is 43.4. The maximum Gasteiger partial charge on any atom is 0.472 e. The van der Waals surface area contributed by atoms with E-state index in [0.717, 1.165) is 116 Å². The maximum absolute atomic E-state index is 12.8. The van der Waals surface area contributed by atoms with E-state index in [1.54, 1.807) is 0 Å². The van der Waals surface area contributed by atoms with Crippen LogP contribution in [0.15, 0.2) is 60.8 Å². The molecule has 0 spiro atoms. The van der Waals surface area contributed by atoms with Crippen LogP contribution in [0.25, 0.3) is 0 Å². The molecule has 1 aliphatic rings. The molecule has 0 aromatic carbocycles. The Hall–Kier alpha value is -1.96. The summed E-state index contributed by atoms with van der Waals surface area (Å²) in [7, 11) is -5.03. The number of hydrogen-bond donors (Lipinski definition) is 6. The number of allylic oxidation sites excluding steroid dienone is 10. The first kappa shape index (κ1) is 55.1. The molecule has 13 heteroatoms. The van der Waals surface area contributed by atoms with Gasteiger partial charge in [-0.1, -0.05) is 145 Å². The number of unbranched alkanes of at least 4 members (excludes halogenated alkanes) is 15. The van der Waals surface area contributed by atoms with Crippen LogP contribution < -0.4 is 0 Å². The van der Waals surface area contributed by atoms with Crippen LogP contribution >= 0.6 is 7.82 Å². The monoisotopic (exact) mass is 857 g/mol. The number of aliphatic hydroxyl groups excluding tert-OH is 5. The second-order valence-corrected chi connectivity index (χ2v) is 16.9. The topological polar surface area (TPSA) is 192 Å². The van der Waals surface area contributed by atoms with E-state index in [0.29, 0.717) is 13.0 Å². The van der Waals surface area contributed by atoms with E-state index in [-0.39, 0.29) is 13.0 Å². The molecule has 1 saturated carbocycles. The van der Waals surface area contributed by atoms with E-state index in [1.165, 1.54) is 19.3 Å². The van der Waals surface area contributed by atoms with Gasteiger partial charge < -0.3 is 39.9 Å². The Morgan fingerprint density at radius 1 is 0.559 bits per heavy atom. The zero-order valence-electron chi connectivity index (χ0n) is 36.3. The largest absolute Gasteiger partial charge is 0.472 e. The maximum atomic E-state index is 12.8. The molecule has 0 heterocycles. The van der Waals surface area contributed by atoms with E-state index >= 15 is 0 Å². The van der Waals surface area contributed by atoms with Gasteiger partial charge in [-0.2, -0.15) is 0 Å². The molecule has 6 unspecified atom stereocenters. The van der Waals surface area contributed by atoms with Crippen LogP contribution in [-0.4, -0.2) is 98.9 Å². The minimum absolute atomic E-state index is 0.0906. The molecule has 1 rings (SSSR count). The van der Waals surface area contributed by atoms with Crippen molar-refractivity contribution < 1.29 is 58.3 Å². The molecule has 1 aliphatic carbocycles. The third-order valence-corrected chi connectivity index (χ3v) is 11.1. The molecule has 1 fully saturated rings. The highest BCUT2D eigenvalue weighted by Crippen LogP contribution is 2.47. The number of rotatable bonds is 37. The number of aliphatic hydroxyl groups is 5. The normalized spacial score (nSPS) is 23.1. The van der Waals surface area contributed by atoms with Crippen LogP contribution in [-0.2, 0) is 27.9 Å². The number of phosphoric ester groups is 1. The number of carbonyl (C=O) groups is 1. The van der Waals surface area contributed by atoms with E-state index in [9.17, 15) is 39.8 Å². The first-order valence-corrected chi connectivity index (χ1v) is 24.1. The minimum atomic E-state index is -5.03. The first-order chi connectivity index (χ1) is 28.5. The third kappa shape index (κ3) is 29.1. The minimum Gasteiger partial charge on any atom is -0.457 e. The van der Waals surface area contributed by atoms with Gasteiger partial charge in [-0.05, 0) is 70.6 Å². The summed E-state index contributed by atoms with van der Waals surface area (Å²) in [5.74, 6) is -0.494. The lowest BCUT2D eigenvalue weighted by Gasteiger charge is -2.41. The summed E-state index contributed by atoms with van der Waals surface area (Å²) in [5.41, 5.74) is 0. The van der Waals surface area contributed by atoms with Crippen molar-refractivity contribution >= 4 is 13.8 Å². The van der Waals surface area contributed by atoms with Crippen molar-refractivity contribution in [2.24, 2.45) is 0 Å². The van der Waals surface area contributed by atoms with Crippen molar-refractivity contribution in [3.63, 3.8) is 0 Å². The molecule has 0 aromatic rings. The van der Waals surface area contributed by atoms with Gasteiger partial charge in [0, 0.05) is 13.0 Å². The van der Waals surface area contributed by atoms with E-state index < -0.39 is 63.1 Å². The van der Waals surface area contributed by atoms with E-state index in [1.807, 2.05) is 0 Å². The van der Waals surface area contributed by atoms with Gasteiger partial charge in [0.05, 0.1) is 13.2 Å². The fraction of sp³-hybridized carbons (Fsp3) is 0.761. The molecule has 0 radical (unpaired) electrons. The second kappa shape index (κ2) is 36.7. The van der Waals surface area contributed by atoms with Crippen LogP contribution in [0.3, 0.4) is 0 Å². The predicted octanol–water partition coefficient (Wildman–Crippen LogP) is 9.03. The molecule has 0 aliphatic heterocycles. The molecule has 0 bridgehead atoms. The Labute approximate surface area is 356 Å². The molecular weight excluding hydrogens is 775 g/mol. The number of carbonyl (C=O) groups excluding carboxylic acids is 1. The van der Waals surface area contributed by atoms with Gasteiger partial charge in [0.15, 0.2) is 0 Å². The van der Waals surface area contributed by atoms with Crippen molar-refractivity contribution in [1.82, 2.24) is 0 Å². The molecule has 59 heavy (non-hydrogen) atoms. The molecule has 0 aromatic heterocycles. The summed E-state index contributed by atoms with van der Waals surface area (Å²) in [6.07, 6.45) is 32.8. The smallest absolute Gasteiger partial charge is 0.457 e. The van der Waals surface area contributed by atoms with Crippen LogP contribution in [0.5, 0.6) is 0 Å². The number of hydrogen-bond acceptors (Lipinski definition) is 11. The Morgan fingerprint density at radius 2 is 1.00 bits per heavy atom. The van der Waals surface area contributed by atoms with Gasteiger partial charge in [-0.3, -0.25) is 13.8 Å². The highest BCUT2D eigenvalue weighted by Gasteiger charge is 2.51. The van der Waals surface area contributed by atoms with Gasteiger partial charge in [0.2, 0.25) is 0 Å². The first-order valence-electron chi connectivity index (χ1n) is 22.6. The SMILES string of the molecule is CC/C=C\C/C=C\C/C=C\CCCCCCCCCC(=O)OC(COCCCCCCCC/C=C\C/C=C\CCCC)COP(=O)(O)OC1C(O)C(O)C(O)C(O)C1O. The highest BCUT2D eigenvalue weighted by atomic mass is 31.2. The average molecular weight is 857 g/mol. The number of phosphoric acid groups is 1. The quantitative estimate of drug-likeness (QED) is 0.0151. The summed E-state index contributed by atoms with van der Waals surface area (Å²) < 4.78 is 34.1. The lowest BCUT2D eigenvalue weighted by molar-refractivity contribution is -0.220. The van der Waals surface area contributed by atoms with Crippen LogP contribution in [0.1, 0.15) is 162 Å². The highest BCUT2D eigenvalue weighted by molar-refractivity contribution is 7.47. The summed E-state index contributed by atoms with van der Waals surface area (Å²) in [4.78, 5) is 23.1. The van der Waals surface area contributed by atoms with E-state index in [4.69, 9.17) is 18.5 Å². The van der Waals surface area contributed by atoms with Gasteiger partial charge in [0.1, 0.15) is 42.7 Å². The van der Waals surface area contributed by atoms with Crippen molar-refractivity contribution in [1.29, 1.82) is 0 Å². The fourth-order valence-corrected chi connectivity index (χ4v) is 7.48. The standard InChI is InChI=1S/C46H81O12P/c1-3-5-7-9-11-13-15-17-19-20-21-23-25-27-29-31-33-35-40(47)57-39(38-56-59(53,54)58-46-44(51)42(49)41(48)43(50)45(46)52)37-55-36-34-32-30-28-26-24-22-18-16-14-12-10-8-6-4-2/h5,7,10-13,16-19,39,41-46,48-52H,3-4,6,8-9,14-15,20-38H2,1-2H3,(H,53,54)/b7-5-,12-10-,13-11-,18-16-,19-17-. The second-order valence-electron chi connectivity index (χ2n) is 15.5. The van der Waals surface area contributed by atoms with Crippen molar-refractivity contribution in [3.05, 3.63) is 60.8 Å². The molecule has 6 N–H and O–H groups in total. The molecule has 342 valence electrons. The molecule has 6 atom stereocenters. The zero-order valence-corrected chi connectivity index (χ0v) is 37.2. The summed E-state index contributed by atoms with van der Waals surface area (Å²) in [6, 6.07) is 0. The summed E-state index contributed by atoms with van der Waals surface area (Å²) >= 11 is 0. The van der Waals surface area contributed by atoms with E-state index in [2.05, 4.69) is 74.6 Å². The van der Waals surface area contributed by atoms with Crippen molar-refractivity contribution in [2.75, 3.05) is 19.8 Å². The molecule has 12 nitrogen and oxygen atoms in total. The lowest BCUT2D eigenvalue weighted by atomic mass is 9.85. The number of esters is 1. The summed E-state index contributed by atoms with van der Waals surface area (Å²) in [5, 5.41) is 50.2. The van der Waals surface area contributed by atoms with Gasteiger partial charge in [-0.15, -0.1) is 0 Å². The van der Waals surface area contributed by atoms with Gasteiger partial charge in [0.25, 0.3) is 0 Å². The molecule has 0 saturated heterocycles. The Balaban J connectivity index is 2.42. The van der Waals surface area contributed by atoms with Crippen LogP contribution in [0, 0.1) is 0 Å². The predicted molar refractivity (Wildman–Crippen MR) is 235 cm³/mol. The Morgan fingerprint density at radius 3 is 1.53 bits per heavy atom. The van der Waals surface area contributed by atoms with Gasteiger partial charge in [-0.25, -0.2) is 4.57 Å². The fourth-order valence-electron chi connectivity index (χ4n) is 6.50. The lowest BCUT2D eigenvalue weighted by Crippen LogP contribution is -2.64. The number of ether oxygens (including phenoxy) is 2. The van der Waals surface area contributed by atoms with Crippen LogP contribution in [0.2, 0.25) is 0 Å². The van der Waals surface area contributed by atoms with Crippen molar-refractivity contribution in [2.45, 2.75) is 204 Å². The van der Waals surface area contributed by atoms with Crippen LogP contribution in [0.4, 0.5) is 0 Å². The summed E-state index contributed by atoms with van der Waals surface area (Å²) in [6.45, 7) is 4.06. The molecule has 0 amide bonds. The molecular formula is C46H81O12P. The Kier molecular flexibility index (Phi) is 34.2. The average Bonchev–Trinajstić information content (AvgIpc) is 3.22.